The van der Waals surface area contributed by atoms with Crippen LogP contribution in [0.25, 0.3) is 0 Å². The van der Waals surface area contributed by atoms with Crippen LogP contribution >= 0.6 is 11.6 Å². The smallest absolute Gasteiger partial charge is 0.264 e. The van der Waals surface area contributed by atoms with Crippen molar-refractivity contribution in [2.45, 2.75) is 11.5 Å². The molecule has 0 spiro atoms. The largest absolute Gasteiger partial charge is 0.392 e. The third-order valence-electron chi connectivity index (χ3n) is 2.97. The van der Waals surface area contributed by atoms with Gasteiger partial charge in [0.1, 0.15) is 0 Å². The summed E-state index contributed by atoms with van der Waals surface area (Å²) < 4.78 is 26.2. The first kappa shape index (κ1) is 14.8. The van der Waals surface area contributed by atoms with Crippen LogP contribution in [-0.2, 0) is 16.6 Å². The zero-order valence-corrected chi connectivity index (χ0v) is 12.4. The molecule has 20 heavy (non-hydrogen) atoms. The Morgan fingerprint density at radius 2 is 1.80 bits per heavy atom. The molecule has 0 radical (unpaired) electrons. The zero-order valence-electron chi connectivity index (χ0n) is 10.8. The average Bonchev–Trinajstić information content (AvgIpc) is 2.47. The van der Waals surface area contributed by atoms with Crippen LogP contribution in [0.4, 0.5) is 5.69 Å². The van der Waals surface area contributed by atoms with Gasteiger partial charge in [0, 0.05) is 12.1 Å². The maximum Gasteiger partial charge on any atom is 0.264 e. The van der Waals surface area contributed by atoms with Gasteiger partial charge in [0.05, 0.1) is 17.2 Å². The van der Waals surface area contributed by atoms with Crippen LogP contribution in [0.5, 0.6) is 0 Å². The highest BCUT2D eigenvalue weighted by molar-refractivity contribution is 7.92. The number of halogens is 1. The van der Waals surface area contributed by atoms with E-state index in [-0.39, 0.29) is 11.5 Å². The summed E-state index contributed by atoms with van der Waals surface area (Å²) in [7, 11) is -2.19. The lowest BCUT2D eigenvalue weighted by atomic mass is 10.2. The minimum absolute atomic E-state index is 0.0947. The van der Waals surface area contributed by atoms with Crippen molar-refractivity contribution in [3.8, 4) is 0 Å². The van der Waals surface area contributed by atoms with E-state index < -0.39 is 10.0 Å². The Kier molecular flexibility index (Phi) is 4.32. The molecule has 2 aromatic rings. The van der Waals surface area contributed by atoms with Crippen LogP contribution in [0.1, 0.15) is 5.56 Å². The molecule has 106 valence electrons. The average molecular weight is 312 g/mol. The van der Waals surface area contributed by atoms with Crippen molar-refractivity contribution in [1.29, 1.82) is 0 Å². The highest BCUT2D eigenvalue weighted by Crippen LogP contribution is 2.25. The number of aliphatic hydroxyl groups excluding tert-OH is 1. The number of anilines is 1. The molecule has 0 heterocycles. The summed E-state index contributed by atoms with van der Waals surface area (Å²) in [5.74, 6) is 0. The van der Waals surface area contributed by atoms with Gasteiger partial charge in [-0.15, -0.1) is 0 Å². The van der Waals surface area contributed by atoms with Gasteiger partial charge >= 0.3 is 0 Å². The lowest BCUT2D eigenvalue weighted by molar-refractivity contribution is 0.281. The number of rotatable bonds is 4. The van der Waals surface area contributed by atoms with Gasteiger partial charge in [-0.25, -0.2) is 8.42 Å². The molecule has 0 unspecified atom stereocenters. The predicted octanol–water partition coefficient (Wildman–Crippen LogP) is 2.66. The Labute approximate surface area is 123 Å². The maximum absolute atomic E-state index is 12.5. The van der Waals surface area contributed by atoms with Crippen LogP contribution in [0.3, 0.4) is 0 Å². The first-order valence-electron chi connectivity index (χ1n) is 5.90. The van der Waals surface area contributed by atoms with Crippen molar-refractivity contribution in [2.24, 2.45) is 0 Å². The fourth-order valence-corrected chi connectivity index (χ4v) is 3.19. The monoisotopic (exact) mass is 311 g/mol. The van der Waals surface area contributed by atoms with E-state index in [1.54, 1.807) is 24.3 Å². The van der Waals surface area contributed by atoms with Crippen molar-refractivity contribution >= 4 is 27.3 Å². The van der Waals surface area contributed by atoms with Crippen molar-refractivity contribution in [2.75, 3.05) is 11.4 Å². The number of nitrogens with zero attached hydrogens (tertiary/aromatic N) is 1. The molecule has 2 rings (SSSR count). The Balaban J connectivity index is 2.45. The molecule has 0 aliphatic rings. The quantitative estimate of drug-likeness (QED) is 0.944. The van der Waals surface area contributed by atoms with Crippen LogP contribution in [0.15, 0.2) is 53.4 Å². The molecular weight excluding hydrogens is 298 g/mol. The molecule has 0 amide bonds. The third-order valence-corrected chi connectivity index (χ3v) is 5.12. The molecule has 0 aliphatic heterocycles. The minimum atomic E-state index is -3.68. The molecule has 1 N–H and O–H groups in total. The molecular formula is C14H14ClNO3S. The highest BCUT2D eigenvalue weighted by Gasteiger charge is 2.21. The molecule has 0 saturated heterocycles. The molecule has 0 fully saturated rings. The second-order valence-electron chi connectivity index (χ2n) is 4.22. The maximum atomic E-state index is 12.5. The standard InChI is InChI=1S/C14H14ClNO3S/c1-16(12-5-3-2-4-6-12)20(18,19)13-7-8-14(15)11(9-13)10-17/h2-9,17H,10H2,1H3. The lowest BCUT2D eigenvalue weighted by Gasteiger charge is -2.20. The van der Waals surface area contributed by atoms with E-state index in [1.165, 1.54) is 29.6 Å². The Bertz CT molecular complexity index is 702. The molecule has 0 aromatic heterocycles. The minimum Gasteiger partial charge on any atom is -0.392 e. The number of para-hydroxylation sites is 1. The summed E-state index contributed by atoms with van der Waals surface area (Å²) in [4.78, 5) is 0.0947. The van der Waals surface area contributed by atoms with Gasteiger partial charge in [-0.05, 0) is 35.9 Å². The van der Waals surface area contributed by atoms with Gasteiger partial charge in [-0.3, -0.25) is 4.31 Å². The molecule has 4 nitrogen and oxygen atoms in total. The fourth-order valence-electron chi connectivity index (χ4n) is 1.77. The Morgan fingerprint density at radius 1 is 1.15 bits per heavy atom. The number of hydrogen-bond acceptors (Lipinski definition) is 3. The van der Waals surface area contributed by atoms with Crippen LogP contribution in [0, 0.1) is 0 Å². The topological polar surface area (TPSA) is 57.6 Å². The number of sulfonamides is 1. The highest BCUT2D eigenvalue weighted by atomic mass is 35.5. The van der Waals surface area contributed by atoms with Crippen molar-refractivity contribution in [1.82, 2.24) is 0 Å². The van der Waals surface area contributed by atoms with E-state index in [9.17, 15) is 13.5 Å². The van der Waals surface area contributed by atoms with Crippen molar-refractivity contribution in [3.63, 3.8) is 0 Å². The molecule has 0 atom stereocenters. The first-order valence-corrected chi connectivity index (χ1v) is 7.72. The summed E-state index contributed by atoms with van der Waals surface area (Å²) in [5, 5.41) is 9.51. The summed E-state index contributed by atoms with van der Waals surface area (Å²) in [6, 6.07) is 13.0. The summed E-state index contributed by atoms with van der Waals surface area (Å²) in [6.45, 7) is -0.308. The molecule has 6 heteroatoms. The zero-order chi connectivity index (χ0) is 14.8. The molecule has 0 aliphatic carbocycles. The Hall–Kier alpha value is -1.56. The third kappa shape index (κ3) is 2.80. The fraction of sp³-hybridized carbons (Fsp3) is 0.143. The van der Waals surface area contributed by atoms with E-state index in [2.05, 4.69) is 0 Å². The van der Waals surface area contributed by atoms with Gasteiger partial charge < -0.3 is 5.11 Å². The SMILES string of the molecule is CN(c1ccccc1)S(=O)(=O)c1ccc(Cl)c(CO)c1. The van der Waals surface area contributed by atoms with Gasteiger partial charge in [0.15, 0.2) is 0 Å². The van der Waals surface area contributed by atoms with Gasteiger partial charge in [-0.2, -0.15) is 0 Å². The summed E-state index contributed by atoms with van der Waals surface area (Å²) in [6.07, 6.45) is 0. The summed E-state index contributed by atoms with van der Waals surface area (Å²) >= 11 is 5.87. The van der Waals surface area contributed by atoms with Gasteiger partial charge in [0.25, 0.3) is 10.0 Å². The van der Waals surface area contributed by atoms with Gasteiger partial charge in [0.2, 0.25) is 0 Å². The van der Waals surface area contributed by atoms with Crippen LogP contribution < -0.4 is 4.31 Å². The summed E-state index contributed by atoms with van der Waals surface area (Å²) in [5.41, 5.74) is 0.946. The normalized spacial score (nSPS) is 11.3. The second-order valence-corrected chi connectivity index (χ2v) is 6.60. The van der Waals surface area contributed by atoms with E-state index >= 15 is 0 Å². The van der Waals surface area contributed by atoms with Crippen LogP contribution in [-0.4, -0.2) is 20.6 Å². The van der Waals surface area contributed by atoms with Crippen LogP contribution in [0.2, 0.25) is 5.02 Å². The molecule has 0 saturated carbocycles. The number of benzene rings is 2. The Morgan fingerprint density at radius 3 is 2.40 bits per heavy atom. The molecule has 0 bridgehead atoms. The van der Waals surface area contributed by atoms with E-state index in [4.69, 9.17) is 11.6 Å². The van der Waals surface area contributed by atoms with E-state index in [0.717, 1.165) is 0 Å². The molecule has 2 aromatic carbocycles. The second kappa shape index (κ2) is 5.83. The van der Waals surface area contributed by atoms with Gasteiger partial charge in [-0.1, -0.05) is 29.8 Å². The van der Waals surface area contributed by atoms with Crippen molar-refractivity contribution in [3.05, 3.63) is 59.1 Å². The lowest BCUT2D eigenvalue weighted by Crippen LogP contribution is -2.26. The predicted molar refractivity (Wildman–Crippen MR) is 79.4 cm³/mol. The number of hydrogen-bond donors (Lipinski definition) is 1. The van der Waals surface area contributed by atoms with Crippen molar-refractivity contribution < 1.29 is 13.5 Å². The first-order chi connectivity index (χ1) is 9.46. The number of aliphatic hydroxyl groups is 1. The van der Waals surface area contributed by atoms with E-state index in [0.29, 0.717) is 16.3 Å². The van der Waals surface area contributed by atoms with E-state index in [1.807, 2.05) is 6.07 Å².